The van der Waals surface area contributed by atoms with Gasteiger partial charge >= 0.3 is 0 Å². The molecule has 3 aromatic rings. The second-order valence-electron chi connectivity index (χ2n) is 6.26. The summed E-state index contributed by atoms with van der Waals surface area (Å²) in [6.45, 7) is 2.32. The van der Waals surface area contributed by atoms with Crippen molar-refractivity contribution >= 4 is 21.2 Å². The molecule has 0 aliphatic carbocycles. The van der Waals surface area contributed by atoms with Crippen LogP contribution in [0.3, 0.4) is 0 Å². The van der Waals surface area contributed by atoms with Crippen molar-refractivity contribution in [2.24, 2.45) is 7.05 Å². The van der Waals surface area contributed by atoms with Crippen molar-refractivity contribution in [2.45, 2.75) is 13.3 Å². The highest BCUT2D eigenvalue weighted by Gasteiger charge is 2.13. The molecule has 0 N–H and O–H groups in total. The third-order valence-corrected chi connectivity index (χ3v) is 4.62. The molecule has 2 heterocycles. The maximum Gasteiger partial charge on any atom is 0.264 e. The van der Waals surface area contributed by atoms with E-state index >= 15 is 0 Å². The van der Waals surface area contributed by atoms with Crippen molar-refractivity contribution in [1.82, 2.24) is 20.0 Å². The fourth-order valence-corrected chi connectivity index (χ4v) is 3.10. The van der Waals surface area contributed by atoms with Crippen molar-refractivity contribution in [3.63, 3.8) is 0 Å². The first-order valence-electron chi connectivity index (χ1n) is 8.47. The van der Waals surface area contributed by atoms with Gasteiger partial charge in [-0.1, -0.05) is 5.21 Å². The molecule has 0 atom stereocenters. The predicted molar refractivity (Wildman–Crippen MR) is 102 cm³/mol. The number of fused-ring (bicyclic) bond motifs is 1. The predicted octanol–water partition coefficient (Wildman–Crippen LogP) is 1.96. The molecule has 0 spiro atoms. The quantitative estimate of drug-likeness (QED) is 0.435. The van der Waals surface area contributed by atoms with Crippen molar-refractivity contribution in [1.29, 1.82) is 5.26 Å². The molecule has 0 aliphatic heterocycles. The van der Waals surface area contributed by atoms with E-state index in [2.05, 4.69) is 25.5 Å². The Morgan fingerprint density at radius 1 is 1.25 bits per heavy atom. The lowest BCUT2D eigenvalue weighted by Gasteiger charge is -2.11. The van der Waals surface area contributed by atoms with Crippen LogP contribution in [0, 0.1) is 18.3 Å². The highest BCUT2D eigenvalue weighted by atomic mass is 32.2. The number of ether oxygens (including phenoxy) is 1. The summed E-state index contributed by atoms with van der Waals surface area (Å²) >= 11 is 0. The summed E-state index contributed by atoms with van der Waals surface area (Å²) in [4.78, 5) is 4.39. The Balaban J connectivity index is 1.76. The van der Waals surface area contributed by atoms with Crippen molar-refractivity contribution in [3.05, 3.63) is 35.5 Å². The molecular weight excluding hydrogens is 382 g/mol. The summed E-state index contributed by atoms with van der Waals surface area (Å²) in [5.74, 6) is 0.687. The van der Waals surface area contributed by atoms with Crippen LogP contribution < -0.4 is 4.74 Å². The molecule has 0 unspecified atom stereocenters. The van der Waals surface area contributed by atoms with Gasteiger partial charge in [0.15, 0.2) is 5.69 Å². The van der Waals surface area contributed by atoms with Gasteiger partial charge in [0.05, 0.1) is 30.7 Å². The lowest BCUT2D eigenvalue weighted by atomic mass is 10.1. The van der Waals surface area contributed by atoms with E-state index < -0.39 is 10.1 Å². The average molecular weight is 401 g/mol. The van der Waals surface area contributed by atoms with E-state index in [-0.39, 0.29) is 12.3 Å². The highest BCUT2D eigenvalue weighted by molar-refractivity contribution is 7.85. The molecule has 28 heavy (non-hydrogen) atoms. The van der Waals surface area contributed by atoms with Crippen LogP contribution in [0.4, 0.5) is 0 Å². The number of nitrogens with zero attached hydrogens (tertiary/aromatic N) is 5. The second-order valence-corrected chi connectivity index (χ2v) is 7.90. The van der Waals surface area contributed by atoms with Gasteiger partial charge in [-0.05, 0) is 36.8 Å². The van der Waals surface area contributed by atoms with E-state index in [1.807, 2.05) is 31.2 Å². The summed E-state index contributed by atoms with van der Waals surface area (Å²) in [7, 11) is -1.67. The van der Waals surface area contributed by atoms with Crippen LogP contribution in [0.25, 0.3) is 22.3 Å². The number of hydrogen-bond acceptors (Lipinski definition) is 8. The van der Waals surface area contributed by atoms with Crippen LogP contribution in [0.1, 0.15) is 17.7 Å². The zero-order chi connectivity index (χ0) is 20.3. The standard InChI is InChI=1S/C18H19N5O4S/c1-12-9-13(5-6-17(12)26-7-4-8-27-28(3,24)25)14-10-16-18(15(11-19)20-14)21-22-23(16)2/h5-6,9-10H,4,7-8H2,1-3H3. The molecule has 0 bridgehead atoms. The van der Waals surface area contributed by atoms with E-state index in [0.717, 1.165) is 22.9 Å². The second kappa shape index (κ2) is 7.92. The molecule has 1 aromatic carbocycles. The Hall–Kier alpha value is -3.03. The molecule has 9 nitrogen and oxygen atoms in total. The smallest absolute Gasteiger partial charge is 0.264 e. The largest absolute Gasteiger partial charge is 0.493 e. The molecule has 146 valence electrons. The molecule has 0 aliphatic rings. The van der Waals surface area contributed by atoms with Gasteiger partial charge < -0.3 is 4.74 Å². The molecule has 0 saturated heterocycles. The molecule has 3 rings (SSSR count). The Kier molecular flexibility index (Phi) is 5.58. The number of aromatic nitrogens is 4. The van der Waals surface area contributed by atoms with E-state index in [9.17, 15) is 13.7 Å². The van der Waals surface area contributed by atoms with Gasteiger partial charge in [0.25, 0.3) is 10.1 Å². The van der Waals surface area contributed by atoms with E-state index in [0.29, 0.717) is 30.0 Å². The third-order valence-electron chi connectivity index (χ3n) is 4.02. The molecule has 0 fully saturated rings. The zero-order valence-corrected chi connectivity index (χ0v) is 16.5. The van der Waals surface area contributed by atoms with E-state index in [1.165, 1.54) is 0 Å². The molecule has 0 amide bonds. The molecule has 2 aromatic heterocycles. The lowest BCUT2D eigenvalue weighted by molar-refractivity contribution is 0.251. The summed E-state index contributed by atoms with van der Waals surface area (Å²) in [5.41, 5.74) is 3.80. The first kappa shape index (κ1) is 19.7. The van der Waals surface area contributed by atoms with Crippen LogP contribution in [0.2, 0.25) is 0 Å². The zero-order valence-electron chi connectivity index (χ0n) is 15.7. The molecule has 0 saturated carbocycles. The van der Waals surface area contributed by atoms with Gasteiger partial charge in [-0.25, -0.2) is 9.67 Å². The maximum absolute atomic E-state index is 10.9. The lowest BCUT2D eigenvalue weighted by Crippen LogP contribution is -2.08. The molecular formula is C18H19N5O4S. The van der Waals surface area contributed by atoms with Crippen LogP contribution in [0.15, 0.2) is 24.3 Å². The van der Waals surface area contributed by atoms with Crippen LogP contribution in [0.5, 0.6) is 5.75 Å². The van der Waals surface area contributed by atoms with Crippen LogP contribution in [-0.2, 0) is 21.3 Å². The van der Waals surface area contributed by atoms with E-state index in [1.54, 1.807) is 11.7 Å². The van der Waals surface area contributed by atoms with E-state index in [4.69, 9.17) is 4.74 Å². The average Bonchev–Trinajstić information content (AvgIpc) is 3.02. The Morgan fingerprint density at radius 2 is 2.04 bits per heavy atom. The first-order valence-corrected chi connectivity index (χ1v) is 10.3. The van der Waals surface area contributed by atoms with Crippen molar-refractivity contribution < 1.29 is 17.3 Å². The van der Waals surface area contributed by atoms with Gasteiger partial charge in [-0.15, -0.1) is 5.10 Å². The van der Waals surface area contributed by atoms with Crippen LogP contribution in [-0.4, -0.2) is 47.9 Å². The summed E-state index contributed by atoms with van der Waals surface area (Å²) in [6, 6.07) is 9.50. The fourth-order valence-electron chi connectivity index (χ4n) is 2.68. The molecule has 10 heteroatoms. The van der Waals surface area contributed by atoms with Crippen molar-refractivity contribution in [3.8, 4) is 23.1 Å². The minimum absolute atomic E-state index is 0.0789. The summed E-state index contributed by atoms with van der Waals surface area (Å²) < 4.78 is 33.8. The van der Waals surface area contributed by atoms with Gasteiger partial charge in [0.1, 0.15) is 17.3 Å². The number of hydrogen-bond donors (Lipinski definition) is 0. The first-order chi connectivity index (χ1) is 13.3. The van der Waals surface area contributed by atoms with Gasteiger partial charge in [0, 0.05) is 19.0 Å². The normalized spacial score (nSPS) is 11.5. The number of pyridine rings is 1. The molecule has 0 radical (unpaired) electrons. The number of rotatable bonds is 7. The highest BCUT2D eigenvalue weighted by Crippen LogP contribution is 2.27. The Labute approximate surface area is 162 Å². The minimum Gasteiger partial charge on any atom is -0.493 e. The number of aryl methyl sites for hydroxylation is 2. The van der Waals surface area contributed by atoms with Gasteiger partial charge in [-0.3, -0.25) is 4.18 Å². The summed E-state index contributed by atoms with van der Waals surface area (Å²) in [6.07, 6.45) is 1.47. The Morgan fingerprint density at radius 3 is 2.71 bits per heavy atom. The van der Waals surface area contributed by atoms with Gasteiger partial charge in [-0.2, -0.15) is 13.7 Å². The van der Waals surface area contributed by atoms with Crippen LogP contribution >= 0.6 is 0 Å². The number of benzene rings is 1. The Bertz CT molecular complexity index is 1160. The van der Waals surface area contributed by atoms with Gasteiger partial charge in [0.2, 0.25) is 0 Å². The monoisotopic (exact) mass is 401 g/mol. The van der Waals surface area contributed by atoms with Crippen molar-refractivity contribution in [2.75, 3.05) is 19.5 Å². The topological polar surface area (TPSA) is 120 Å². The minimum atomic E-state index is -3.43. The fraction of sp³-hybridized carbons (Fsp3) is 0.333. The summed E-state index contributed by atoms with van der Waals surface area (Å²) in [5, 5.41) is 17.3. The maximum atomic E-state index is 10.9. The number of nitriles is 1. The SMILES string of the molecule is Cc1cc(-c2cc3c(nnn3C)c(C#N)n2)ccc1OCCCOS(C)(=O)=O. The third kappa shape index (κ3) is 4.44.